The quantitative estimate of drug-likeness (QED) is 0.595. The van der Waals surface area contributed by atoms with E-state index in [2.05, 4.69) is 10.3 Å². The summed E-state index contributed by atoms with van der Waals surface area (Å²) in [5, 5.41) is 2.42. The van der Waals surface area contributed by atoms with Crippen LogP contribution in [0.3, 0.4) is 0 Å². The van der Waals surface area contributed by atoms with Crippen LogP contribution in [0.4, 0.5) is 9.18 Å². The molecular formula is C24H37BFN3O6S. The number of carbonyl (C=O) groups excluding carboxylic acids is 1. The van der Waals surface area contributed by atoms with Crippen molar-refractivity contribution >= 4 is 34.7 Å². The van der Waals surface area contributed by atoms with Crippen LogP contribution in [0.1, 0.15) is 74.8 Å². The van der Waals surface area contributed by atoms with E-state index >= 15 is 4.39 Å². The Balaban J connectivity index is 2.14. The van der Waals surface area contributed by atoms with Gasteiger partial charge in [-0.2, -0.15) is 0 Å². The molecule has 0 radical (unpaired) electrons. The minimum Gasteiger partial charge on any atom is -0.444 e. The summed E-state index contributed by atoms with van der Waals surface area (Å²) in [4.78, 5) is 17.1. The van der Waals surface area contributed by atoms with Gasteiger partial charge < -0.3 is 14.0 Å². The number of guanidine groups is 1. The van der Waals surface area contributed by atoms with Gasteiger partial charge in [0.15, 0.2) is 0 Å². The molecule has 9 nitrogen and oxygen atoms in total. The Kier molecular flexibility index (Phi) is 6.64. The molecule has 2 aliphatic heterocycles. The first-order valence-electron chi connectivity index (χ1n) is 11.8. The third-order valence-electron chi connectivity index (χ3n) is 7.46. The minimum atomic E-state index is -4.12. The molecule has 1 atom stereocenters. The summed E-state index contributed by atoms with van der Waals surface area (Å²) in [5.74, 6) is -0.919. The fourth-order valence-corrected chi connectivity index (χ4v) is 5.71. The van der Waals surface area contributed by atoms with Gasteiger partial charge in [0.2, 0.25) is 16.0 Å². The van der Waals surface area contributed by atoms with Gasteiger partial charge in [-0.25, -0.2) is 26.9 Å². The Morgan fingerprint density at radius 1 is 1.08 bits per heavy atom. The second kappa shape index (κ2) is 8.42. The lowest BCUT2D eigenvalue weighted by atomic mass is 9.74. The molecule has 1 amide bonds. The molecule has 2 heterocycles. The van der Waals surface area contributed by atoms with E-state index in [9.17, 15) is 13.2 Å². The fraction of sp³-hybridized carbons (Fsp3) is 0.667. The van der Waals surface area contributed by atoms with Crippen molar-refractivity contribution in [2.45, 2.75) is 96.3 Å². The van der Waals surface area contributed by atoms with Crippen LogP contribution in [0.15, 0.2) is 23.2 Å². The van der Waals surface area contributed by atoms with Gasteiger partial charge in [-0.3, -0.25) is 5.32 Å². The highest BCUT2D eigenvalue weighted by molar-refractivity contribution is 7.91. The number of ether oxygens (including phenoxy) is 1. The van der Waals surface area contributed by atoms with E-state index in [-0.39, 0.29) is 11.5 Å². The number of sulfonamides is 1. The summed E-state index contributed by atoms with van der Waals surface area (Å²) in [6.45, 7) is 17.2. The first-order chi connectivity index (χ1) is 16.1. The molecule has 0 aliphatic carbocycles. The van der Waals surface area contributed by atoms with Crippen LogP contribution in [0.2, 0.25) is 0 Å². The van der Waals surface area contributed by atoms with Gasteiger partial charge in [0.25, 0.3) is 0 Å². The van der Waals surface area contributed by atoms with E-state index in [0.717, 1.165) is 4.31 Å². The van der Waals surface area contributed by atoms with E-state index < -0.39 is 56.1 Å². The molecule has 3 rings (SSSR count). The normalized spacial score (nSPS) is 26.4. The molecule has 1 fully saturated rings. The number of rotatable bonds is 2. The number of halogens is 1. The van der Waals surface area contributed by atoms with Gasteiger partial charge in [0.1, 0.15) is 21.7 Å². The number of amides is 1. The van der Waals surface area contributed by atoms with Crippen LogP contribution in [-0.4, -0.2) is 60.5 Å². The monoisotopic (exact) mass is 525 g/mol. The van der Waals surface area contributed by atoms with Crippen molar-refractivity contribution in [3.8, 4) is 0 Å². The summed E-state index contributed by atoms with van der Waals surface area (Å²) < 4.78 is 59.4. The van der Waals surface area contributed by atoms with Crippen molar-refractivity contribution in [3.05, 3.63) is 29.6 Å². The summed E-state index contributed by atoms with van der Waals surface area (Å²) in [5.41, 5.74) is -3.13. The van der Waals surface area contributed by atoms with Crippen molar-refractivity contribution < 1.29 is 31.6 Å². The van der Waals surface area contributed by atoms with Crippen molar-refractivity contribution in [1.82, 2.24) is 9.62 Å². The first-order valence-corrected chi connectivity index (χ1v) is 13.2. The van der Waals surface area contributed by atoms with Crippen LogP contribution in [0, 0.1) is 5.82 Å². The molecule has 1 aromatic carbocycles. The largest absolute Gasteiger partial charge is 0.494 e. The molecular weight excluding hydrogens is 488 g/mol. The van der Waals surface area contributed by atoms with E-state index in [4.69, 9.17) is 14.0 Å². The second-order valence-corrected chi connectivity index (χ2v) is 14.5. The number of benzene rings is 1. The molecule has 1 N–H and O–H groups in total. The highest BCUT2D eigenvalue weighted by Gasteiger charge is 2.59. The highest BCUT2D eigenvalue weighted by Crippen LogP contribution is 2.46. The average molecular weight is 525 g/mol. The standard InChI is InChI=1S/C24H37BFN3O6S/c1-20(2,3)33-19(30)27-18-28-24(10,23(8,9)36(31,32)29(18)11)16-14-15(12-13-17(16)26)25-34-21(4,5)22(6,7)35-25/h12-14H,1-11H3,(H,27,28,30)/t24-/m1/s1. The van der Waals surface area contributed by atoms with Gasteiger partial charge >= 0.3 is 13.2 Å². The smallest absolute Gasteiger partial charge is 0.444 e. The lowest BCUT2D eigenvalue weighted by Crippen LogP contribution is -2.63. The third kappa shape index (κ3) is 4.52. The summed E-state index contributed by atoms with van der Waals surface area (Å²) in [6.07, 6.45) is -0.878. The van der Waals surface area contributed by atoms with E-state index in [1.807, 2.05) is 27.7 Å². The number of nitrogens with one attached hydrogen (secondary N) is 1. The van der Waals surface area contributed by atoms with Crippen molar-refractivity contribution in [2.75, 3.05) is 7.05 Å². The molecule has 0 saturated carbocycles. The van der Waals surface area contributed by atoms with Crippen LogP contribution in [-0.2, 0) is 29.6 Å². The van der Waals surface area contributed by atoms with E-state index in [0.29, 0.717) is 5.46 Å². The van der Waals surface area contributed by atoms with Gasteiger partial charge in [0, 0.05) is 12.6 Å². The van der Waals surface area contributed by atoms with Crippen molar-refractivity contribution in [1.29, 1.82) is 0 Å². The minimum absolute atomic E-state index is 0.0277. The molecule has 0 aromatic heterocycles. The van der Waals surface area contributed by atoms with Crippen LogP contribution < -0.4 is 10.8 Å². The molecule has 1 saturated heterocycles. The number of hydrogen-bond acceptors (Lipinski definition) is 7. The van der Waals surface area contributed by atoms with Gasteiger partial charge in [-0.05, 0) is 80.8 Å². The zero-order valence-electron chi connectivity index (χ0n) is 22.9. The molecule has 2 aliphatic rings. The van der Waals surface area contributed by atoms with Crippen LogP contribution >= 0.6 is 0 Å². The Bertz CT molecular complexity index is 1190. The Morgan fingerprint density at radius 3 is 2.11 bits per heavy atom. The van der Waals surface area contributed by atoms with Crippen LogP contribution in [0.25, 0.3) is 0 Å². The zero-order chi connectivity index (χ0) is 27.7. The Labute approximate surface area is 214 Å². The highest BCUT2D eigenvalue weighted by atomic mass is 32.2. The SMILES string of the molecule is CN1C(NC(=O)OC(C)(C)C)=N[C@](C)(c2cc(B3OC(C)(C)C(C)(C)O3)ccc2F)C(C)(C)S1(=O)=O. The topological polar surface area (TPSA) is 107 Å². The van der Waals surface area contributed by atoms with Crippen molar-refractivity contribution in [2.24, 2.45) is 4.99 Å². The number of carbonyl (C=O) groups is 1. The van der Waals surface area contributed by atoms with E-state index in [1.165, 1.54) is 40.0 Å². The third-order valence-corrected chi connectivity index (χ3v) is 10.0. The van der Waals surface area contributed by atoms with Gasteiger partial charge in [0.05, 0.1) is 11.2 Å². The Hall–Kier alpha value is -2.18. The maximum atomic E-state index is 15.4. The number of aliphatic imine (C=N–C) groups is 1. The van der Waals surface area contributed by atoms with Gasteiger partial charge in [-0.15, -0.1) is 0 Å². The maximum Gasteiger partial charge on any atom is 0.494 e. The number of hydrogen-bond donors (Lipinski definition) is 1. The van der Waals surface area contributed by atoms with Crippen molar-refractivity contribution in [3.63, 3.8) is 0 Å². The number of nitrogens with zero attached hydrogens (tertiary/aromatic N) is 2. The summed E-state index contributed by atoms with van der Waals surface area (Å²) >= 11 is 0. The predicted octanol–water partition coefficient (Wildman–Crippen LogP) is 3.27. The molecule has 36 heavy (non-hydrogen) atoms. The van der Waals surface area contributed by atoms with Crippen LogP contribution in [0.5, 0.6) is 0 Å². The summed E-state index contributed by atoms with van der Waals surface area (Å²) in [7, 11) is -3.62. The predicted molar refractivity (Wildman–Crippen MR) is 137 cm³/mol. The lowest BCUT2D eigenvalue weighted by Gasteiger charge is -2.47. The number of alkyl carbamates (subject to hydrolysis) is 1. The molecule has 1 aromatic rings. The molecule has 0 unspecified atom stereocenters. The average Bonchev–Trinajstić information content (AvgIpc) is 2.91. The molecule has 200 valence electrons. The lowest BCUT2D eigenvalue weighted by molar-refractivity contribution is 0.00578. The first kappa shape index (κ1) is 28.4. The molecule has 0 spiro atoms. The zero-order valence-corrected chi connectivity index (χ0v) is 23.8. The Morgan fingerprint density at radius 2 is 1.61 bits per heavy atom. The maximum absolute atomic E-state index is 15.4. The fourth-order valence-electron chi connectivity index (χ4n) is 4.05. The van der Waals surface area contributed by atoms with Gasteiger partial charge in [-0.1, -0.05) is 12.1 Å². The second-order valence-electron chi connectivity index (χ2n) is 11.9. The molecule has 12 heteroatoms. The molecule has 0 bridgehead atoms. The summed E-state index contributed by atoms with van der Waals surface area (Å²) in [6, 6.07) is 4.32. The van der Waals surface area contributed by atoms with E-state index in [1.54, 1.807) is 26.8 Å².